The third kappa shape index (κ3) is 3.90. The molecular weight excluding hydrogens is 266 g/mol. The number of fused-ring (bicyclic) bond motifs is 1. The summed E-state index contributed by atoms with van der Waals surface area (Å²) in [4.78, 5) is 23.5. The van der Waals surface area contributed by atoms with E-state index in [1.807, 2.05) is 45.0 Å². The molecule has 0 aliphatic carbocycles. The number of rotatable bonds is 5. The molecule has 0 aliphatic rings. The van der Waals surface area contributed by atoms with E-state index in [1.54, 1.807) is 10.9 Å². The van der Waals surface area contributed by atoms with Crippen LogP contribution in [0.4, 0.5) is 0 Å². The third-order valence-electron chi connectivity index (χ3n) is 3.38. The highest BCUT2D eigenvalue weighted by atomic mass is 16.2. The summed E-state index contributed by atoms with van der Waals surface area (Å²) in [5.74, 6) is -0.104. The van der Waals surface area contributed by atoms with Gasteiger partial charge in [-0.25, -0.2) is 0 Å². The molecule has 1 N–H and O–H groups in total. The van der Waals surface area contributed by atoms with Gasteiger partial charge in [0.25, 0.3) is 0 Å². The molecular formula is C16H21N3O2. The Morgan fingerprint density at radius 2 is 1.95 bits per heavy atom. The lowest BCUT2D eigenvalue weighted by Gasteiger charge is -2.16. The summed E-state index contributed by atoms with van der Waals surface area (Å²) in [5, 5.41) is 8.00. The number of aryl methyl sites for hydroxylation is 1. The molecule has 1 aromatic carbocycles. The van der Waals surface area contributed by atoms with Gasteiger partial charge in [0, 0.05) is 17.2 Å². The summed E-state index contributed by atoms with van der Waals surface area (Å²) in [5.41, 5.74) is 0.585. The van der Waals surface area contributed by atoms with Crippen molar-refractivity contribution in [3.63, 3.8) is 0 Å². The Morgan fingerprint density at radius 1 is 1.24 bits per heavy atom. The van der Waals surface area contributed by atoms with Crippen LogP contribution in [0.25, 0.3) is 10.9 Å². The van der Waals surface area contributed by atoms with E-state index >= 15 is 0 Å². The fraction of sp³-hybridized carbons (Fsp3) is 0.438. The number of hydrogen-bond donors (Lipinski definition) is 1. The highest BCUT2D eigenvalue weighted by molar-refractivity contribution is 5.89. The van der Waals surface area contributed by atoms with Gasteiger partial charge in [0.05, 0.1) is 24.8 Å². The summed E-state index contributed by atoms with van der Waals surface area (Å²) in [6.07, 6.45) is 2.10. The zero-order chi connectivity index (χ0) is 15.5. The monoisotopic (exact) mass is 287 g/mol. The van der Waals surface area contributed by atoms with Crippen molar-refractivity contribution in [2.75, 3.05) is 6.54 Å². The second-order valence-corrected chi connectivity index (χ2v) is 6.13. The minimum absolute atomic E-state index is 0.0281. The predicted octanol–water partition coefficient (Wildman–Crippen LogP) is 2.16. The Kier molecular flexibility index (Phi) is 4.40. The molecule has 0 radical (unpaired) electrons. The summed E-state index contributed by atoms with van der Waals surface area (Å²) in [7, 11) is 0. The molecule has 112 valence electrons. The molecule has 2 aromatic rings. The second kappa shape index (κ2) is 6.08. The van der Waals surface area contributed by atoms with Crippen LogP contribution in [0, 0.1) is 5.41 Å². The number of carbonyl (C=O) groups is 2. The quantitative estimate of drug-likeness (QED) is 0.916. The van der Waals surface area contributed by atoms with E-state index in [2.05, 4.69) is 10.4 Å². The Balaban J connectivity index is 1.86. The Labute approximate surface area is 124 Å². The molecule has 1 heterocycles. The van der Waals surface area contributed by atoms with Crippen LogP contribution in [0.15, 0.2) is 30.5 Å². The smallest absolute Gasteiger partial charge is 0.222 e. The molecule has 0 spiro atoms. The molecule has 0 fully saturated rings. The highest BCUT2D eigenvalue weighted by Crippen LogP contribution is 2.14. The fourth-order valence-electron chi connectivity index (χ4n) is 1.94. The number of benzene rings is 1. The number of nitrogens with zero attached hydrogens (tertiary/aromatic N) is 2. The van der Waals surface area contributed by atoms with Gasteiger partial charge < -0.3 is 5.32 Å². The van der Waals surface area contributed by atoms with Gasteiger partial charge in [0.15, 0.2) is 5.78 Å². The number of Topliss-reactive ketones (excluding diaryl/α,β-unsaturated/α-hetero) is 1. The molecule has 5 nitrogen and oxygen atoms in total. The third-order valence-corrected chi connectivity index (χ3v) is 3.38. The number of amides is 1. The molecule has 5 heteroatoms. The van der Waals surface area contributed by atoms with Crippen molar-refractivity contribution in [1.29, 1.82) is 0 Å². The fourth-order valence-corrected chi connectivity index (χ4v) is 1.94. The second-order valence-electron chi connectivity index (χ2n) is 6.13. The van der Waals surface area contributed by atoms with E-state index < -0.39 is 5.41 Å². The first-order valence-electron chi connectivity index (χ1n) is 7.08. The normalized spacial score (nSPS) is 11.6. The van der Waals surface area contributed by atoms with Crippen LogP contribution in [-0.4, -0.2) is 28.0 Å². The summed E-state index contributed by atoms with van der Waals surface area (Å²) < 4.78 is 1.81. The maximum Gasteiger partial charge on any atom is 0.222 e. The predicted molar refractivity (Wildman–Crippen MR) is 81.8 cm³/mol. The number of ketones is 1. The summed E-state index contributed by atoms with van der Waals surface area (Å²) in [6, 6.07) is 7.87. The van der Waals surface area contributed by atoms with Gasteiger partial charge in [-0.15, -0.1) is 0 Å². The average Bonchev–Trinajstić information content (AvgIpc) is 2.84. The number of aromatic nitrogens is 2. The number of hydrogen-bond acceptors (Lipinski definition) is 3. The zero-order valence-electron chi connectivity index (χ0n) is 12.7. The zero-order valence-corrected chi connectivity index (χ0v) is 12.7. The molecule has 0 atom stereocenters. The SMILES string of the molecule is CC(C)(C)C(=O)CNC(=O)CCn1ncc2ccccc21. The minimum Gasteiger partial charge on any atom is -0.349 e. The van der Waals surface area contributed by atoms with Gasteiger partial charge in [-0.2, -0.15) is 5.10 Å². The van der Waals surface area contributed by atoms with Crippen molar-refractivity contribution >= 4 is 22.6 Å². The Bertz CT molecular complexity index is 653. The van der Waals surface area contributed by atoms with Gasteiger partial charge in [-0.1, -0.05) is 39.0 Å². The maximum atomic E-state index is 11.8. The van der Waals surface area contributed by atoms with E-state index in [9.17, 15) is 9.59 Å². The van der Waals surface area contributed by atoms with E-state index in [4.69, 9.17) is 0 Å². The van der Waals surface area contributed by atoms with Crippen molar-refractivity contribution < 1.29 is 9.59 Å². The molecule has 1 aromatic heterocycles. The first-order chi connectivity index (χ1) is 9.88. The van der Waals surface area contributed by atoms with Crippen LogP contribution in [0.2, 0.25) is 0 Å². The Hall–Kier alpha value is -2.17. The van der Waals surface area contributed by atoms with Gasteiger partial charge >= 0.3 is 0 Å². The summed E-state index contributed by atoms with van der Waals surface area (Å²) in [6.45, 7) is 6.12. The van der Waals surface area contributed by atoms with Crippen LogP contribution in [0.5, 0.6) is 0 Å². The Morgan fingerprint density at radius 3 is 2.67 bits per heavy atom. The lowest BCUT2D eigenvalue weighted by molar-refractivity contribution is -0.129. The minimum atomic E-state index is -0.425. The number of para-hydroxylation sites is 1. The van der Waals surface area contributed by atoms with Gasteiger partial charge in [-0.05, 0) is 6.07 Å². The van der Waals surface area contributed by atoms with E-state index in [0.717, 1.165) is 10.9 Å². The van der Waals surface area contributed by atoms with Crippen LogP contribution in [0.1, 0.15) is 27.2 Å². The molecule has 1 amide bonds. The average molecular weight is 287 g/mol. The van der Waals surface area contributed by atoms with E-state index in [0.29, 0.717) is 13.0 Å². The van der Waals surface area contributed by atoms with Crippen molar-refractivity contribution in [1.82, 2.24) is 15.1 Å². The van der Waals surface area contributed by atoms with E-state index in [1.165, 1.54) is 0 Å². The summed E-state index contributed by atoms with van der Waals surface area (Å²) >= 11 is 0. The van der Waals surface area contributed by atoms with Gasteiger partial charge in [0.1, 0.15) is 0 Å². The molecule has 0 aliphatic heterocycles. The van der Waals surface area contributed by atoms with Crippen molar-refractivity contribution in [2.24, 2.45) is 5.41 Å². The molecule has 0 bridgehead atoms. The van der Waals surface area contributed by atoms with Gasteiger partial charge in [-0.3, -0.25) is 14.3 Å². The highest BCUT2D eigenvalue weighted by Gasteiger charge is 2.21. The van der Waals surface area contributed by atoms with E-state index in [-0.39, 0.29) is 18.2 Å². The topological polar surface area (TPSA) is 64.0 Å². The molecule has 0 saturated carbocycles. The lowest BCUT2D eigenvalue weighted by Crippen LogP contribution is -2.35. The van der Waals surface area contributed by atoms with Gasteiger partial charge in [0.2, 0.25) is 5.91 Å². The molecule has 0 saturated heterocycles. The molecule has 0 unspecified atom stereocenters. The lowest BCUT2D eigenvalue weighted by atomic mass is 9.91. The van der Waals surface area contributed by atoms with Crippen LogP contribution >= 0.6 is 0 Å². The molecule has 2 rings (SSSR count). The first-order valence-corrected chi connectivity index (χ1v) is 7.08. The molecule has 21 heavy (non-hydrogen) atoms. The number of nitrogens with one attached hydrogen (secondary N) is 1. The standard InChI is InChI=1S/C16H21N3O2/c1-16(2,3)14(20)11-17-15(21)8-9-19-13-7-5-4-6-12(13)10-18-19/h4-7,10H,8-9,11H2,1-3H3,(H,17,21). The van der Waals surface area contributed by atoms with Crippen molar-refractivity contribution in [3.05, 3.63) is 30.5 Å². The largest absolute Gasteiger partial charge is 0.349 e. The maximum absolute atomic E-state index is 11.8. The van der Waals surface area contributed by atoms with Crippen LogP contribution in [-0.2, 0) is 16.1 Å². The van der Waals surface area contributed by atoms with Crippen molar-refractivity contribution in [2.45, 2.75) is 33.7 Å². The van der Waals surface area contributed by atoms with Crippen LogP contribution < -0.4 is 5.32 Å². The van der Waals surface area contributed by atoms with Crippen molar-refractivity contribution in [3.8, 4) is 0 Å². The first kappa shape index (κ1) is 15.2. The van der Waals surface area contributed by atoms with Crippen LogP contribution in [0.3, 0.4) is 0 Å². The number of carbonyl (C=O) groups excluding carboxylic acids is 2.